The molecule has 0 aliphatic carbocycles. The summed E-state index contributed by atoms with van der Waals surface area (Å²) in [5, 5.41) is 27.2. The molecule has 0 aromatic heterocycles. The third-order valence-electron chi connectivity index (χ3n) is 2.67. The van der Waals surface area contributed by atoms with Crippen LogP contribution in [0.2, 0.25) is 0 Å². The van der Waals surface area contributed by atoms with E-state index in [9.17, 15) is 10.2 Å². The van der Waals surface area contributed by atoms with Gasteiger partial charge < -0.3 is 20.2 Å². The number of hydrogen-bond donors (Lipinski definition) is 3. The molecule has 1 saturated heterocycles. The molecule has 4 heteroatoms. The Morgan fingerprint density at radius 2 is 2.15 bits per heavy atom. The quantitative estimate of drug-likeness (QED) is 0.533. The van der Waals surface area contributed by atoms with Crippen LogP contribution in [0.15, 0.2) is 0 Å². The summed E-state index contributed by atoms with van der Waals surface area (Å²) in [5.41, 5.74) is 0. The van der Waals surface area contributed by atoms with Gasteiger partial charge in [-0.2, -0.15) is 0 Å². The van der Waals surface area contributed by atoms with Crippen molar-refractivity contribution >= 4 is 0 Å². The van der Waals surface area contributed by atoms with E-state index in [1.165, 1.54) is 0 Å². The van der Waals surface area contributed by atoms with Crippen molar-refractivity contribution in [3.63, 3.8) is 0 Å². The highest BCUT2D eigenvalue weighted by Crippen LogP contribution is 2.19. The van der Waals surface area contributed by atoms with Crippen molar-refractivity contribution in [1.29, 1.82) is 0 Å². The zero-order chi connectivity index (χ0) is 9.84. The normalized spacial score (nSPS) is 29.1. The van der Waals surface area contributed by atoms with Crippen molar-refractivity contribution in [3.05, 3.63) is 0 Å². The largest absolute Gasteiger partial charge is 0.394 e. The average molecular weight is 189 g/mol. The predicted octanol–water partition coefficient (Wildman–Crippen LogP) is -0.958. The molecule has 1 rings (SSSR count). The van der Waals surface area contributed by atoms with Crippen LogP contribution in [-0.4, -0.2) is 58.7 Å². The summed E-state index contributed by atoms with van der Waals surface area (Å²) in [6.07, 6.45) is 0.0690. The topological polar surface area (TPSA) is 63.9 Å². The number of rotatable bonds is 4. The van der Waals surface area contributed by atoms with E-state index in [2.05, 4.69) is 4.90 Å². The molecule has 0 bridgehead atoms. The lowest BCUT2D eigenvalue weighted by Gasteiger charge is -2.19. The number of likely N-dealkylation sites (tertiary alicyclic amines) is 1. The highest BCUT2D eigenvalue weighted by Gasteiger charge is 2.26. The first-order valence-corrected chi connectivity index (χ1v) is 4.82. The summed E-state index contributed by atoms with van der Waals surface area (Å²) >= 11 is 0. The lowest BCUT2D eigenvalue weighted by Crippen LogP contribution is -2.33. The molecule has 0 radical (unpaired) electrons. The summed E-state index contributed by atoms with van der Waals surface area (Å²) in [6, 6.07) is 0. The molecule has 0 saturated carbocycles. The second kappa shape index (κ2) is 4.91. The lowest BCUT2D eigenvalue weighted by molar-refractivity contribution is 0.0611. The van der Waals surface area contributed by atoms with E-state index in [1.54, 1.807) is 6.92 Å². The highest BCUT2D eigenvalue weighted by atomic mass is 16.3. The van der Waals surface area contributed by atoms with Crippen LogP contribution in [0.3, 0.4) is 0 Å². The Morgan fingerprint density at radius 3 is 2.62 bits per heavy atom. The molecular formula is C9H19NO3. The summed E-state index contributed by atoms with van der Waals surface area (Å²) in [6.45, 7) is 3.87. The molecule has 0 spiro atoms. The van der Waals surface area contributed by atoms with Gasteiger partial charge >= 0.3 is 0 Å². The van der Waals surface area contributed by atoms with Gasteiger partial charge in [-0.15, -0.1) is 0 Å². The standard InChI is InChI=1S/C9H19NO3/c1-7(12)8-2-3-10(4-8)5-9(13)6-11/h7-9,11-13H,2-6H2,1H3. The Labute approximate surface area is 78.8 Å². The second-order valence-electron chi connectivity index (χ2n) is 3.89. The SMILES string of the molecule is CC(O)C1CCN(CC(O)CO)C1. The number of hydrogen-bond acceptors (Lipinski definition) is 4. The summed E-state index contributed by atoms with van der Waals surface area (Å²) in [5.74, 6) is 0.325. The van der Waals surface area contributed by atoms with E-state index >= 15 is 0 Å². The maximum atomic E-state index is 9.32. The molecule has 1 fully saturated rings. The number of aliphatic hydroxyl groups is 3. The van der Waals surface area contributed by atoms with E-state index in [-0.39, 0.29) is 12.7 Å². The summed E-state index contributed by atoms with van der Waals surface area (Å²) < 4.78 is 0. The van der Waals surface area contributed by atoms with Gasteiger partial charge in [0.2, 0.25) is 0 Å². The first kappa shape index (κ1) is 10.9. The average Bonchev–Trinajstić information content (AvgIpc) is 2.52. The monoisotopic (exact) mass is 189 g/mol. The zero-order valence-corrected chi connectivity index (χ0v) is 8.06. The van der Waals surface area contributed by atoms with Crippen LogP contribution in [0, 0.1) is 5.92 Å². The fourth-order valence-electron chi connectivity index (χ4n) is 1.78. The fraction of sp³-hybridized carbons (Fsp3) is 1.00. The Kier molecular flexibility index (Phi) is 4.12. The van der Waals surface area contributed by atoms with Crippen molar-refractivity contribution < 1.29 is 15.3 Å². The van der Waals surface area contributed by atoms with E-state index in [0.717, 1.165) is 19.5 Å². The first-order chi connectivity index (χ1) is 6.13. The molecule has 3 N–H and O–H groups in total. The third kappa shape index (κ3) is 3.23. The van der Waals surface area contributed by atoms with E-state index in [0.29, 0.717) is 12.5 Å². The van der Waals surface area contributed by atoms with Gasteiger partial charge in [0.1, 0.15) is 0 Å². The molecule has 0 aromatic rings. The van der Waals surface area contributed by atoms with E-state index in [4.69, 9.17) is 5.11 Å². The van der Waals surface area contributed by atoms with Crippen molar-refractivity contribution in [2.75, 3.05) is 26.2 Å². The van der Waals surface area contributed by atoms with Crippen LogP contribution < -0.4 is 0 Å². The second-order valence-corrected chi connectivity index (χ2v) is 3.89. The molecule has 3 unspecified atom stereocenters. The van der Waals surface area contributed by atoms with Crippen molar-refractivity contribution in [2.45, 2.75) is 25.6 Å². The van der Waals surface area contributed by atoms with Crippen LogP contribution >= 0.6 is 0 Å². The number of aliphatic hydroxyl groups excluding tert-OH is 3. The first-order valence-electron chi connectivity index (χ1n) is 4.82. The predicted molar refractivity (Wildman–Crippen MR) is 49.3 cm³/mol. The van der Waals surface area contributed by atoms with Gasteiger partial charge in [0, 0.05) is 13.1 Å². The van der Waals surface area contributed by atoms with Crippen LogP contribution in [0.1, 0.15) is 13.3 Å². The Bertz CT molecular complexity index is 152. The minimum absolute atomic E-state index is 0.185. The van der Waals surface area contributed by atoms with Crippen molar-refractivity contribution in [1.82, 2.24) is 4.90 Å². The number of nitrogens with zero attached hydrogens (tertiary/aromatic N) is 1. The van der Waals surface area contributed by atoms with Crippen LogP contribution in [0.5, 0.6) is 0 Å². The van der Waals surface area contributed by atoms with Gasteiger partial charge in [-0.05, 0) is 25.8 Å². The van der Waals surface area contributed by atoms with Crippen LogP contribution in [0.4, 0.5) is 0 Å². The minimum atomic E-state index is -0.646. The van der Waals surface area contributed by atoms with Gasteiger partial charge in [-0.3, -0.25) is 0 Å². The molecule has 0 aromatic carbocycles. The molecule has 1 heterocycles. The van der Waals surface area contributed by atoms with Crippen LogP contribution in [-0.2, 0) is 0 Å². The molecule has 1 aliphatic rings. The van der Waals surface area contributed by atoms with Crippen LogP contribution in [0.25, 0.3) is 0 Å². The number of β-amino-alcohol motifs (C(OH)–C–C–N with tert-alkyl or cyclic N) is 1. The molecule has 3 atom stereocenters. The Hall–Kier alpha value is -0.160. The maximum Gasteiger partial charge on any atom is 0.0897 e. The molecule has 78 valence electrons. The molecular weight excluding hydrogens is 170 g/mol. The zero-order valence-electron chi connectivity index (χ0n) is 8.06. The Balaban J connectivity index is 2.25. The van der Waals surface area contributed by atoms with E-state index < -0.39 is 6.10 Å². The maximum absolute atomic E-state index is 9.32. The lowest BCUT2D eigenvalue weighted by atomic mass is 10.0. The summed E-state index contributed by atoms with van der Waals surface area (Å²) in [4.78, 5) is 2.08. The van der Waals surface area contributed by atoms with Gasteiger partial charge in [0.25, 0.3) is 0 Å². The van der Waals surface area contributed by atoms with E-state index in [1.807, 2.05) is 0 Å². The molecule has 0 amide bonds. The van der Waals surface area contributed by atoms with Gasteiger partial charge in [-0.1, -0.05) is 0 Å². The molecule has 4 nitrogen and oxygen atoms in total. The van der Waals surface area contributed by atoms with Gasteiger partial charge in [0.05, 0.1) is 18.8 Å². The summed E-state index contributed by atoms with van der Waals surface area (Å²) in [7, 11) is 0. The van der Waals surface area contributed by atoms with Gasteiger partial charge in [-0.25, -0.2) is 0 Å². The molecule has 13 heavy (non-hydrogen) atoms. The smallest absolute Gasteiger partial charge is 0.0897 e. The highest BCUT2D eigenvalue weighted by molar-refractivity contribution is 4.79. The minimum Gasteiger partial charge on any atom is -0.394 e. The Morgan fingerprint density at radius 1 is 1.46 bits per heavy atom. The van der Waals surface area contributed by atoms with Crippen molar-refractivity contribution in [2.24, 2.45) is 5.92 Å². The van der Waals surface area contributed by atoms with Gasteiger partial charge in [0.15, 0.2) is 0 Å². The third-order valence-corrected chi connectivity index (χ3v) is 2.67. The van der Waals surface area contributed by atoms with Crippen molar-refractivity contribution in [3.8, 4) is 0 Å². The molecule has 1 aliphatic heterocycles. The fourth-order valence-corrected chi connectivity index (χ4v) is 1.78.